The third kappa shape index (κ3) is 3.91. The van der Waals surface area contributed by atoms with Crippen LogP contribution in [-0.2, 0) is 4.79 Å². The van der Waals surface area contributed by atoms with Crippen LogP contribution in [0.2, 0.25) is 5.02 Å². The highest BCUT2D eigenvalue weighted by atomic mass is 35.5. The molecular formula is C14H12ClN5O2S. The predicted molar refractivity (Wildman–Crippen MR) is 87.0 cm³/mol. The van der Waals surface area contributed by atoms with Gasteiger partial charge in [-0.3, -0.25) is 9.36 Å². The average molecular weight is 350 g/mol. The number of nitrogens with one attached hydrogen (secondary N) is 1. The molecule has 0 aliphatic heterocycles. The van der Waals surface area contributed by atoms with Crippen molar-refractivity contribution in [1.29, 1.82) is 0 Å². The van der Waals surface area contributed by atoms with E-state index in [-0.39, 0.29) is 11.7 Å². The van der Waals surface area contributed by atoms with Crippen LogP contribution in [0.5, 0.6) is 0 Å². The van der Waals surface area contributed by atoms with Gasteiger partial charge in [0.25, 0.3) is 0 Å². The molecule has 118 valence electrons. The molecule has 0 aliphatic carbocycles. The summed E-state index contributed by atoms with van der Waals surface area (Å²) in [5, 5.41) is 15.5. The largest absolute Gasteiger partial charge is 0.360 e. The van der Waals surface area contributed by atoms with E-state index in [1.54, 1.807) is 36.0 Å². The molecule has 0 fully saturated rings. The first kappa shape index (κ1) is 15.6. The van der Waals surface area contributed by atoms with Gasteiger partial charge in [-0.1, -0.05) is 34.6 Å². The Labute approximate surface area is 141 Å². The first-order valence-electron chi connectivity index (χ1n) is 6.64. The highest BCUT2D eigenvalue weighted by molar-refractivity contribution is 7.99. The molecule has 0 aliphatic rings. The molecule has 0 saturated heterocycles. The van der Waals surface area contributed by atoms with Gasteiger partial charge in [0.15, 0.2) is 11.0 Å². The lowest BCUT2D eigenvalue weighted by atomic mass is 10.3. The van der Waals surface area contributed by atoms with Crippen LogP contribution in [0.25, 0.3) is 5.69 Å². The van der Waals surface area contributed by atoms with Gasteiger partial charge in [-0.25, -0.2) is 0 Å². The Bertz CT molecular complexity index is 832. The molecule has 0 bridgehead atoms. The van der Waals surface area contributed by atoms with Crippen molar-refractivity contribution >= 4 is 35.1 Å². The van der Waals surface area contributed by atoms with Crippen LogP contribution in [-0.4, -0.2) is 31.6 Å². The fourth-order valence-corrected chi connectivity index (χ4v) is 2.77. The number of aromatic nitrogens is 4. The molecule has 0 radical (unpaired) electrons. The second kappa shape index (κ2) is 6.84. The van der Waals surface area contributed by atoms with Gasteiger partial charge >= 0.3 is 0 Å². The fraction of sp³-hybridized carbons (Fsp3) is 0.143. The number of carbonyl (C=O) groups excluding carboxylic acids is 1. The Morgan fingerprint density at radius 2 is 2.30 bits per heavy atom. The molecule has 0 unspecified atom stereocenters. The number of rotatable bonds is 5. The Balaban J connectivity index is 1.65. The summed E-state index contributed by atoms with van der Waals surface area (Å²) in [5.74, 6) is 0.993. The lowest BCUT2D eigenvalue weighted by molar-refractivity contribution is -0.113. The molecule has 9 heteroatoms. The maximum Gasteiger partial charge on any atom is 0.236 e. The summed E-state index contributed by atoms with van der Waals surface area (Å²) >= 11 is 7.26. The molecule has 0 atom stereocenters. The summed E-state index contributed by atoms with van der Waals surface area (Å²) in [7, 11) is 0. The smallest absolute Gasteiger partial charge is 0.236 e. The molecule has 1 N–H and O–H groups in total. The number of nitrogens with zero attached hydrogens (tertiary/aromatic N) is 4. The van der Waals surface area contributed by atoms with Gasteiger partial charge in [-0.15, -0.1) is 10.2 Å². The maximum absolute atomic E-state index is 11.9. The van der Waals surface area contributed by atoms with Crippen molar-refractivity contribution in [3.63, 3.8) is 0 Å². The van der Waals surface area contributed by atoms with E-state index >= 15 is 0 Å². The molecule has 3 rings (SSSR count). The Morgan fingerprint density at radius 1 is 1.43 bits per heavy atom. The van der Waals surface area contributed by atoms with Crippen LogP contribution < -0.4 is 5.32 Å². The second-order valence-electron chi connectivity index (χ2n) is 4.62. The van der Waals surface area contributed by atoms with E-state index in [1.165, 1.54) is 11.8 Å². The molecule has 2 aromatic heterocycles. The summed E-state index contributed by atoms with van der Waals surface area (Å²) in [6.45, 7) is 1.75. The zero-order valence-corrected chi connectivity index (χ0v) is 13.6. The van der Waals surface area contributed by atoms with Gasteiger partial charge in [0.1, 0.15) is 12.1 Å². The van der Waals surface area contributed by atoms with Crippen molar-refractivity contribution in [2.75, 3.05) is 11.1 Å². The number of thioether (sulfide) groups is 1. The first-order chi connectivity index (χ1) is 11.1. The van der Waals surface area contributed by atoms with E-state index in [1.807, 2.05) is 12.1 Å². The van der Waals surface area contributed by atoms with Gasteiger partial charge in [0, 0.05) is 11.1 Å². The van der Waals surface area contributed by atoms with Crippen LogP contribution in [0, 0.1) is 6.92 Å². The quantitative estimate of drug-likeness (QED) is 0.713. The van der Waals surface area contributed by atoms with Crippen LogP contribution in [0.3, 0.4) is 0 Å². The normalized spacial score (nSPS) is 10.7. The standard InChI is InChI=1S/C14H12ClN5O2S/c1-9-5-12(19-22-9)17-13(21)7-23-14-18-16-8-20(14)11-4-2-3-10(15)6-11/h2-6,8H,7H2,1H3,(H,17,19,21). The summed E-state index contributed by atoms with van der Waals surface area (Å²) < 4.78 is 6.66. The first-order valence-corrected chi connectivity index (χ1v) is 8.00. The molecule has 1 amide bonds. The minimum Gasteiger partial charge on any atom is -0.360 e. The zero-order chi connectivity index (χ0) is 16.2. The maximum atomic E-state index is 11.9. The molecule has 7 nitrogen and oxygen atoms in total. The summed E-state index contributed by atoms with van der Waals surface area (Å²) in [5.41, 5.74) is 0.831. The van der Waals surface area contributed by atoms with Crippen molar-refractivity contribution in [2.45, 2.75) is 12.1 Å². The lowest BCUT2D eigenvalue weighted by Crippen LogP contribution is -2.14. The summed E-state index contributed by atoms with van der Waals surface area (Å²) in [4.78, 5) is 11.9. The van der Waals surface area contributed by atoms with E-state index in [0.29, 0.717) is 21.8 Å². The number of carbonyl (C=O) groups is 1. The van der Waals surface area contributed by atoms with E-state index in [0.717, 1.165) is 5.69 Å². The van der Waals surface area contributed by atoms with Crippen LogP contribution >= 0.6 is 23.4 Å². The van der Waals surface area contributed by atoms with Gasteiger partial charge in [0.2, 0.25) is 5.91 Å². The van der Waals surface area contributed by atoms with Crippen molar-refractivity contribution in [2.24, 2.45) is 0 Å². The number of anilines is 1. The molecular weight excluding hydrogens is 338 g/mol. The third-order valence-corrected chi connectivity index (χ3v) is 4.01. The van der Waals surface area contributed by atoms with Crippen molar-refractivity contribution in [1.82, 2.24) is 19.9 Å². The van der Waals surface area contributed by atoms with Crippen molar-refractivity contribution in [3.8, 4) is 5.69 Å². The minimum atomic E-state index is -0.205. The fourth-order valence-electron chi connectivity index (χ4n) is 1.86. The molecule has 0 spiro atoms. The Hall–Kier alpha value is -2.32. The van der Waals surface area contributed by atoms with E-state index in [9.17, 15) is 4.79 Å². The Morgan fingerprint density at radius 3 is 3.04 bits per heavy atom. The molecule has 3 aromatic rings. The van der Waals surface area contributed by atoms with Crippen LogP contribution in [0.15, 0.2) is 46.3 Å². The average Bonchev–Trinajstić information content (AvgIpc) is 3.14. The van der Waals surface area contributed by atoms with E-state index in [2.05, 4.69) is 20.7 Å². The highest BCUT2D eigenvalue weighted by Crippen LogP contribution is 2.21. The minimum absolute atomic E-state index is 0.172. The summed E-state index contributed by atoms with van der Waals surface area (Å²) in [6.07, 6.45) is 1.58. The van der Waals surface area contributed by atoms with Crippen LogP contribution in [0.1, 0.15) is 5.76 Å². The van der Waals surface area contributed by atoms with Crippen molar-refractivity contribution in [3.05, 3.63) is 47.4 Å². The second-order valence-corrected chi connectivity index (χ2v) is 6.00. The zero-order valence-electron chi connectivity index (χ0n) is 12.1. The number of hydrogen-bond donors (Lipinski definition) is 1. The third-order valence-electron chi connectivity index (χ3n) is 2.83. The van der Waals surface area contributed by atoms with Crippen molar-refractivity contribution < 1.29 is 9.32 Å². The SMILES string of the molecule is Cc1cc(NC(=O)CSc2nncn2-c2cccc(Cl)c2)no1. The van der Waals surface area contributed by atoms with Gasteiger partial charge in [-0.2, -0.15) is 0 Å². The number of halogens is 1. The number of aryl methyl sites for hydroxylation is 1. The highest BCUT2D eigenvalue weighted by Gasteiger charge is 2.11. The van der Waals surface area contributed by atoms with Crippen LogP contribution in [0.4, 0.5) is 5.82 Å². The van der Waals surface area contributed by atoms with E-state index in [4.69, 9.17) is 16.1 Å². The Kier molecular flexibility index (Phi) is 4.63. The van der Waals surface area contributed by atoms with Gasteiger partial charge in [-0.05, 0) is 25.1 Å². The molecule has 0 saturated carbocycles. The lowest BCUT2D eigenvalue weighted by Gasteiger charge is -2.06. The molecule has 2 heterocycles. The number of amides is 1. The van der Waals surface area contributed by atoms with Gasteiger partial charge in [0.05, 0.1) is 11.4 Å². The summed E-state index contributed by atoms with van der Waals surface area (Å²) in [6, 6.07) is 8.96. The monoisotopic (exact) mass is 349 g/mol. The number of hydrogen-bond acceptors (Lipinski definition) is 6. The number of benzene rings is 1. The predicted octanol–water partition coefficient (Wildman–Crippen LogP) is 2.95. The van der Waals surface area contributed by atoms with E-state index < -0.39 is 0 Å². The molecule has 23 heavy (non-hydrogen) atoms. The van der Waals surface area contributed by atoms with Gasteiger partial charge < -0.3 is 9.84 Å². The topological polar surface area (TPSA) is 85.8 Å². The molecule has 1 aromatic carbocycles.